The predicted molar refractivity (Wildman–Crippen MR) is 55.4 cm³/mol. The highest BCUT2D eigenvalue weighted by molar-refractivity contribution is 7.80. The van der Waals surface area contributed by atoms with Gasteiger partial charge in [-0.15, -0.1) is 0 Å². The molecule has 0 fully saturated rings. The molecule has 0 amide bonds. The second-order valence-electron chi connectivity index (χ2n) is 2.19. The van der Waals surface area contributed by atoms with E-state index in [1.807, 2.05) is 37.3 Å². The van der Waals surface area contributed by atoms with Crippen LogP contribution in [-0.4, -0.2) is 11.2 Å². The molecule has 0 aromatic heterocycles. The highest BCUT2D eigenvalue weighted by atomic mass is 32.1. The Morgan fingerprint density at radius 1 is 1.42 bits per heavy atom. The van der Waals surface area contributed by atoms with Crippen LogP contribution in [0, 0.1) is 0 Å². The quantitative estimate of drug-likeness (QED) is 0.425. The molecule has 0 atom stereocenters. The number of hydrazone groups is 1. The van der Waals surface area contributed by atoms with Gasteiger partial charge in [0, 0.05) is 11.8 Å². The monoisotopic (exact) mass is 178 g/mol. The average molecular weight is 178 g/mol. The number of benzene rings is 1. The Bertz CT molecular complexity index is 280. The van der Waals surface area contributed by atoms with E-state index in [0.717, 1.165) is 5.56 Å². The van der Waals surface area contributed by atoms with Crippen LogP contribution < -0.4 is 5.43 Å². The highest BCUT2D eigenvalue weighted by Gasteiger charge is 1.95. The summed E-state index contributed by atoms with van der Waals surface area (Å²) < 4.78 is 0. The fourth-order valence-electron chi connectivity index (χ4n) is 0.777. The lowest BCUT2D eigenvalue weighted by atomic mass is 10.2. The summed E-state index contributed by atoms with van der Waals surface area (Å²) in [6, 6.07) is 9.73. The van der Waals surface area contributed by atoms with Crippen molar-refractivity contribution in [2.75, 3.05) is 0 Å². The zero-order chi connectivity index (χ0) is 8.81. The van der Waals surface area contributed by atoms with Crippen molar-refractivity contribution >= 4 is 23.4 Å². The van der Waals surface area contributed by atoms with Crippen molar-refractivity contribution in [3.05, 3.63) is 35.9 Å². The zero-order valence-corrected chi connectivity index (χ0v) is 7.64. The largest absolute Gasteiger partial charge is 0.268 e. The molecule has 1 N–H and O–H groups in total. The summed E-state index contributed by atoms with van der Waals surface area (Å²) in [6.07, 6.45) is 1.66. The first-order valence-corrected chi connectivity index (χ1v) is 4.08. The molecule has 1 aromatic rings. The minimum absolute atomic E-state index is 0.647. The maximum Gasteiger partial charge on any atom is 0.126 e. The van der Waals surface area contributed by atoms with Crippen molar-refractivity contribution in [3.8, 4) is 0 Å². The van der Waals surface area contributed by atoms with Gasteiger partial charge in [0.2, 0.25) is 0 Å². The Morgan fingerprint density at radius 2 is 2.08 bits per heavy atom. The van der Waals surface area contributed by atoms with E-state index in [9.17, 15) is 0 Å². The van der Waals surface area contributed by atoms with Crippen LogP contribution in [0.2, 0.25) is 0 Å². The van der Waals surface area contributed by atoms with Crippen LogP contribution in [0.1, 0.15) is 12.5 Å². The molecular weight excluding hydrogens is 168 g/mol. The molecule has 62 valence electrons. The van der Waals surface area contributed by atoms with Crippen molar-refractivity contribution in [2.45, 2.75) is 6.92 Å². The average Bonchev–Trinajstić information content (AvgIpc) is 2.15. The van der Waals surface area contributed by atoms with Crippen molar-refractivity contribution in [1.29, 1.82) is 0 Å². The lowest BCUT2D eigenvalue weighted by Crippen LogP contribution is -2.15. The van der Waals surface area contributed by atoms with Crippen molar-refractivity contribution in [1.82, 2.24) is 5.43 Å². The molecule has 0 bridgehead atoms. The summed E-state index contributed by atoms with van der Waals surface area (Å²) in [5.41, 5.74) is 3.73. The van der Waals surface area contributed by atoms with E-state index in [2.05, 4.69) is 10.5 Å². The van der Waals surface area contributed by atoms with Gasteiger partial charge < -0.3 is 0 Å². The number of thiocarbonyl (C=S) groups is 1. The fourth-order valence-corrected chi connectivity index (χ4v) is 0.966. The Labute approximate surface area is 77.3 Å². The van der Waals surface area contributed by atoms with Gasteiger partial charge in [-0.2, -0.15) is 5.10 Å². The predicted octanol–water partition coefficient (Wildman–Crippen LogP) is 1.96. The normalized spacial score (nSPS) is 10.1. The topological polar surface area (TPSA) is 24.4 Å². The number of hydrogen-bond donors (Lipinski definition) is 1. The third-order valence-electron chi connectivity index (χ3n) is 1.33. The molecule has 0 aliphatic heterocycles. The first-order valence-electron chi connectivity index (χ1n) is 3.67. The van der Waals surface area contributed by atoms with Crippen molar-refractivity contribution in [3.63, 3.8) is 0 Å². The smallest absolute Gasteiger partial charge is 0.126 e. The van der Waals surface area contributed by atoms with Crippen LogP contribution in [0.25, 0.3) is 0 Å². The molecule has 1 rings (SSSR count). The zero-order valence-electron chi connectivity index (χ0n) is 6.82. The Morgan fingerprint density at radius 3 is 2.67 bits per heavy atom. The molecule has 0 saturated heterocycles. The molecule has 0 aliphatic rings. The van der Waals surface area contributed by atoms with E-state index in [0.29, 0.717) is 4.99 Å². The molecule has 3 heteroatoms. The van der Waals surface area contributed by atoms with Gasteiger partial charge in [0.05, 0.1) is 0 Å². The molecule has 0 unspecified atom stereocenters. The van der Waals surface area contributed by atoms with Gasteiger partial charge in [-0.25, -0.2) is 0 Å². The minimum atomic E-state index is 0.647. The molecule has 0 heterocycles. The third-order valence-corrected chi connectivity index (χ3v) is 1.66. The molecule has 1 aromatic carbocycles. The minimum Gasteiger partial charge on any atom is -0.268 e. The third kappa shape index (κ3) is 2.43. The SMILES string of the molecule is CC=NNC(=S)c1ccccc1. The number of nitrogens with one attached hydrogen (secondary N) is 1. The van der Waals surface area contributed by atoms with E-state index in [1.54, 1.807) is 6.21 Å². The Hall–Kier alpha value is -1.22. The van der Waals surface area contributed by atoms with E-state index in [4.69, 9.17) is 12.2 Å². The van der Waals surface area contributed by atoms with Crippen molar-refractivity contribution in [2.24, 2.45) is 5.10 Å². The van der Waals surface area contributed by atoms with Gasteiger partial charge in [-0.05, 0) is 6.92 Å². The maximum atomic E-state index is 5.06. The van der Waals surface area contributed by atoms with Crippen molar-refractivity contribution < 1.29 is 0 Å². The lowest BCUT2D eigenvalue weighted by molar-refractivity contribution is 1.05. The number of nitrogens with zero attached hydrogens (tertiary/aromatic N) is 1. The van der Waals surface area contributed by atoms with E-state index in [-0.39, 0.29) is 0 Å². The van der Waals surface area contributed by atoms with Crippen LogP contribution in [0.5, 0.6) is 0 Å². The Balaban J connectivity index is 2.66. The molecular formula is C9H10N2S. The second kappa shape index (κ2) is 4.62. The summed E-state index contributed by atoms with van der Waals surface area (Å²) in [7, 11) is 0. The van der Waals surface area contributed by atoms with Gasteiger partial charge in [0.1, 0.15) is 4.99 Å². The van der Waals surface area contributed by atoms with Gasteiger partial charge in [0.15, 0.2) is 0 Å². The van der Waals surface area contributed by atoms with E-state index in [1.165, 1.54) is 0 Å². The second-order valence-corrected chi connectivity index (χ2v) is 2.60. The first-order chi connectivity index (χ1) is 5.84. The van der Waals surface area contributed by atoms with Gasteiger partial charge in [-0.1, -0.05) is 42.5 Å². The van der Waals surface area contributed by atoms with Crippen LogP contribution in [0.4, 0.5) is 0 Å². The highest BCUT2D eigenvalue weighted by Crippen LogP contribution is 1.98. The molecule has 0 spiro atoms. The lowest BCUT2D eigenvalue weighted by Gasteiger charge is -2.00. The molecule has 0 aliphatic carbocycles. The fraction of sp³-hybridized carbons (Fsp3) is 0.111. The van der Waals surface area contributed by atoms with Crippen LogP contribution in [0.3, 0.4) is 0 Å². The van der Waals surface area contributed by atoms with Crippen LogP contribution in [0.15, 0.2) is 35.4 Å². The Kier molecular flexibility index (Phi) is 3.41. The molecule has 2 nitrogen and oxygen atoms in total. The summed E-state index contributed by atoms with van der Waals surface area (Å²) in [6.45, 7) is 1.83. The van der Waals surface area contributed by atoms with Crippen LogP contribution >= 0.6 is 12.2 Å². The molecule has 0 saturated carbocycles. The number of hydrogen-bond acceptors (Lipinski definition) is 2. The maximum absolute atomic E-state index is 5.06. The first kappa shape index (κ1) is 8.87. The molecule has 0 radical (unpaired) electrons. The van der Waals surface area contributed by atoms with Gasteiger partial charge >= 0.3 is 0 Å². The van der Waals surface area contributed by atoms with Crippen LogP contribution in [-0.2, 0) is 0 Å². The van der Waals surface area contributed by atoms with E-state index >= 15 is 0 Å². The summed E-state index contributed by atoms with van der Waals surface area (Å²) in [5.74, 6) is 0. The number of rotatable bonds is 2. The molecule has 12 heavy (non-hydrogen) atoms. The summed E-state index contributed by atoms with van der Waals surface area (Å²) in [5, 5.41) is 3.83. The van der Waals surface area contributed by atoms with Gasteiger partial charge in [-0.3, -0.25) is 5.43 Å². The summed E-state index contributed by atoms with van der Waals surface area (Å²) >= 11 is 5.06. The van der Waals surface area contributed by atoms with E-state index < -0.39 is 0 Å². The van der Waals surface area contributed by atoms with Gasteiger partial charge in [0.25, 0.3) is 0 Å². The standard InChI is InChI=1S/C9H10N2S/c1-2-10-11-9(12)8-6-4-3-5-7-8/h2-7H,1H3,(H,11,12). The summed E-state index contributed by atoms with van der Waals surface area (Å²) in [4.78, 5) is 0.647.